The lowest BCUT2D eigenvalue weighted by atomic mass is 10.2. The molecule has 1 aliphatic heterocycles. The Balaban J connectivity index is 2.08. The third-order valence-electron chi connectivity index (χ3n) is 3.11. The zero-order valence-corrected chi connectivity index (χ0v) is 9.73. The smallest absolute Gasteiger partial charge is 0.373 e. The van der Waals surface area contributed by atoms with Crippen LogP contribution in [0, 0.1) is 0 Å². The Bertz CT molecular complexity index is 366. The highest BCUT2D eigenvalue weighted by Gasteiger charge is 2.23. The molecule has 0 aliphatic carbocycles. The summed E-state index contributed by atoms with van der Waals surface area (Å²) in [5, 5.41) is 0. The molecule has 1 saturated heterocycles. The molecule has 0 aromatic carbocycles. The average molecular weight is 223 g/mol. The Labute approximate surface area is 95.2 Å². The summed E-state index contributed by atoms with van der Waals surface area (Å²) in [6, 6.07) is 3.77. The van der Waals surface area contributed by atoms with E-state index >= 15 is 0 Å². The van der Waals surface area contributed by atoms with Crippen molar-refractivity contribution >= 4 is 5.97 Å². The fraction of sp³-hybridized carbons (Fsp3) is 0.583. The molecule has 88 valence electrons. The van der Waals surface area contributed by atoms with E-state index < -0.39 is 5.97 Å². The number of furan rings is 1. The molecule has 1 aromatic heterocycles. The number of ether oxygens (including phenoxy) is 1. The third kappa shape index (κ3) is 2.11. The Hall–Kier alpha value is -1.29. The van der Waals surface area contributed by atoms with Crippen molar-refractivity contribution in [3.05, 3.63) is 23.7 Å². The maximum Gasteiger partial charge on any atom is 0.373 e. The predicted molar refractivity (Wildman–Crippen MR) is 59.3 cm³/mol. The highest BCUT2D eigenvalue weighted by molar-refractivity contribution is 5.86. The second kappa shape index (κ2) is 4.70. The van der Waals surface area contributed by atoms with E-state index in [4.69, 9.17) is 4.42 Å². The Morgan fingerprint density at radius 1 is 1.44 bits per heavy atom. The molecule has 0 amide bonds. The van der Waals surface area contributed by atoms with Crippen molar-refractivity contribution < 1.29 is 13.9 Å². The molecule has 1 aliphatic rings. The van der Waals surface area contributed by atoms with Gasteiger partial charge < -0.3 is 9.15 Å². The van der Waals surface area contributed by atoms with E-state index in [1.165, 1.54) is 20.0 Å². The van der Waals surface area contributed by atoms with Crippen LogP contribution in [-0.2, 0) is 4.74 Å². The van der Waals surface area contributed by atoms with Crippen molar-refractivity contribution in [2.45, 2.75) is 25.8 Å². The average Bonchev–Trinajstić information content (AvgIpc) is 2.97. The van der Waals surface area contributed by atoms with Gasteiger partial charge in [0, 0.05) is 0 Å². The molecule has 0 bridgehead atoms. The minimum atomic E-state index is -0.417. The topological polar surface area (TPSA) is 42.7 Å². The molecular formula is C12H17NO3. The van der Waals surface area contributed by atoms with Gasteiger partial charge in [-0.25, -0.2) is 4.79 Å². The zero-order chi connectivity index (χ0) is 11.5. The molecule has 2 heterocycles. The lowest BCUT2D eigenvalue weighted by molar-refractivity contribution is 0.0559. The van der Waals surface area contributed by atoms with Gasteiger partial charge in [-0.2, -0.15) is 0 Å². The highest BCUT2D eigenvalue weighted by atomic mass is 16.5. The predicted octanol–water partition coefficient (Wildman–Crippen LogP) is 2.22. The summed E-state index contributed by atoms with van der Waals surface area (Å²) < 4.78 is 10.1. The largest absolute Gasteiger partial charge is 0.463 e. The first kappa shape index (κ1) is 11.2. The molecular weight excluding hydrogens is 206 g/mol. The van der Waals surface area contributed by atoms with Crippen LogP contribution in [0.5, 0.6) is 0 Å². The Kier molecular flexibility index (Phi) is 3.29. The van der Waals surface area contributed by atoms with Gasteiger partial charge >= 0.3 is 5.97 Å². The molecule has 1 atom stereocenters. The minimum absolute atomic E-state index is 0.237. The van der Waals surface area contributed by atoms with E-state index in [2.05, 4.69) is 16.6 Å². The van der Waals surface area contributed by atoms with Crippen molar-refractivity contribution in [3.8, 4) is 0 Å². The number of nitrogens with zero attached hydrogens (tertiary/aromatic N) is 1. The van der Waals surface area contributed by atoms with Gasteiger partial charge in [-0.1, -0.05) is 0 Å². The fourth-order valence-corrected chi connectivity index (χ4v) is 2.10. The van der Waals surface area contributed by atoms with Crippen LogP contribution in [-0.4, -0.2) is 31.1 Å². The second-order valence-corrected chi connectivity index (χ2v) is 4.11. The first-order chi connectivity index (χ1) is 7.72. The van der Waals surface area contributed by atoms with Crippen LogP contribution < -0.4 is 0 Å². The van der Waals surface area contributed by atoms with Crippen molar-refractivity contribution in [2.24, 2.45) is 0 Å². The van der Waals surface area contributed by atoms with Gasteiger partial charge in [-0.15, -0.1) is 0 Å². The van der Waals surface area contributed by atoms with Gasteiger partial charge in [-0.3, -0.25) is 4.90 Å². The quantitative estimate of drug-likeness (QED) is 0.737. The first-order valence-electron chi connectivity index (χ1n) is 5.64. The van der Waals surface area contributed by atoms with E-state index in [-0.39, 0.29) is 11.8 Å². The highest BCUT2D eigenvalue weighted by Crippen LogP contribution is 2.26. The van der Waals surface area contributed by atoms with Crippen LogP contribution in [0.4, 0.5) is 0 Å². The van der Waals surface area contributed by atoms with Crippen LogP contribution in [0.15, 0.2) is 16.5 Å². The number of carbonyl (C=O) groups excluding carboxylic acids is 1. The van der Waals surface area contributed by atoms with E-state index in [0.717, 1.165) is 18.8 Å². The van der Waals surface area contributed by atoms with E-state index in [1.807, 2.05) is 6.07 Å². The molecule has 4 heteroatoms. The summed E-state index contributed by atoms with van der Waals surface area (Å²) in [7, 11) is 1.36. The maximum atomic E-state index is 11.2. The molecule has 2 rings (SSSR count). The van der Waals surface area contributed by atoms with E-state index in [1.54, 1.807) is 6.07 Å². The van der Waals surface area contributed by atoms with Gasteiger partial charge in [0.2, 0.25) is 5.76 Å². The van der Waals surface area contributed by atoms with Crippen molar-refractivity contribution in [1.29, 1.82) is 0 Å². The zero-order valence-electron chi connectivity index (χ0n) is 9.73. The lowest BCUT2D eigenvalue weighted by Gasteiger charge is -2.21. The van der Waals surface area contributed by atoms with Crippen molar-refractivity contribution in [3.63, 3.8) is 0 Å². The van der Waals surface area contributed by atoms with E-state index in [9.17, 15) is 4.79 Å². The number of methoxy groups -OCH3 is 1. The normalized spacial score (nSPS) is 18.6. The SMILES string of the molecule is COC(=O)c1ccc(C(C)N2CCCC2)o1. The van der Waals surface area contributed by atoms with Crippen molar-refractivity contribution in [1.82, 2.24) is 4.90 Å². The molecule has 1 unspecified atom stereocenters. The molecule has 0 saturated carbocycles. The number of hydrogen-bond acceptors (Lipinski definition) is 4. The fourth-order valence-electron chi connectivity index (χ4n) is 2.10. The van der Waals surface area contributed by atoms with Crippen LogP contribution in [0.2, 0.25) is 0 Å². The monoisotopic (exact) mass is 223 g/mol. The van der Waals surface area contributed by atoms with Crippen LogP contribution in [0.25, 0.3) is 0 Å². The van der Waals surface area contributed by atoms with E-state index in [0.29, 0.717) is 0 Å². The summed E-state index contributed by atoms with van der Waals surface area (Å²) in [5.74, 6) is 0.700. The summed E-state index contributed by atoms with van der Waals surface area (Å²) in [6.07, 6.45) is 2.49. The van der Waals surface area contributed by atoms with Crippen LogP contribution in [0.3, 0.4) is 0 Å². The second-order valence-electron chi connectivity index (χ2n) is 4.11. The number of carbonyl (C=O) groups is 1. The minimum Gasteiger partial charge on any atom is -0.463 e. The van der Waals surface area contributed by atoms with Gasteiger partial charge in [0.1, 0.15) is 5.76 Å². The Morgan fingerprint density at radius 3 is 2.75 bits per heavy atom. The molecule has 1 aromatic rings. The molecule has 1 fully saturated rings. The summed E-state index contributed by atoms with van der Waals surface area (Å²) in [4.78, 5) is 13.6. The number of esters is 1. The lowest BCUT2D eigenvalue weighted by Crippen LogP contribution is -2.22. The summed E-state index contributed by atoms with van der Waals surface area (Å²) in [5.41, 5.74) is 0. The van der Waals surface area contributed by atoms with Gasteiger partial charge in [0.25, 0.3) is 0 Å². The first-order valence-corrected chi connectivity index (χ1v) is 5.64. The number of likely N-dealkylation sites (tertiary alicyclic amines) is 1. The van der Waals surface area contributed by atoms with Gasteiger partial charge in [0.05, 0.1) is 13.2 Å². The van der Waals surface area contributed by atoms with Gasteiger partial charge in [0.15, 0.2) is 0 Å². The molecule has 16 heavy (non-hydrogen) atoms. The third-order valence-corrected chi connectivity index (χ3v) is 3.11. The molecule has 0 radical (unpaired) electrons. The summed E-state index contributed by atoms with van der Waals surface area (Å²) in [6.45, 7) is 4.32. The molecule has 0 spiro atoms. The summed E-state index contributed by atoms with van der Waals surface area (Å²) >= 11 is 0. The van der Waals surface area contributed by atoms with Crippen LogP contribution in [0.1, 0.15) is 42.1 Å². The molecule has 4 nitrogen and oxygen atoms in total. The standard InChI is InChI=1S/C12H17NO3/c1-9(13-7-3-4-8-13)10-5-6-11(16-10)12(14)15-2/h5-6,9H,3-4,7-8H2,1-2H3. The van der Waals surface area contributed by atoms with Crippen LogP contribution >= 0.6 is 0 Å². The Morgan fingerprint density at radius 2 is 2.12 bits per heavy atom. The number of hydrogen-bond donors (Lipinski definition) is 0. The van der Waals surface area contributed by atoms with Gasteiger partial charge in [-0.05, 0) is 45.0 Å². The van der Waals surface area contributed by atoms with Crippen molar-refractivity contribution in [2.75, 3.05) is 20.2 Å². The maximum absolute atomic E-state index is 11.2. The number of rotatable bonds is 3. The molecule has 0 N–H and O–H groups in total.